The van der Waals surface area contributed by atoms with Gasteiger partial charge in [-0.2, -0.15) is 0 Å². The molecule has 0 radical (unpaired) electrons. The lowest BCUT2D eigenvalue weighted by Crippen LogP contribution is -2.42. The molecule has 4 rings (SSSR count). The molecule has 0 aliphatic heterocycles. The summed E-state index contributed by atoms with van der Waals surface area (Å²) in [5, 5.41) is 14.7. The molecule has 0 fully saturated rings. The molecule has 4 aromatic rings. The number of aliphatic carboxylic acids is 1. The minimum Gasteiger partial charge on any atom is -0.480 e. The van der Waals surface area contributed by atoms with Crippen LogP contribution in [-0.2, 0) is 16.1 Å². The number of amides is 3. The largest absolute Gasteiger partial charge is 0.480 e. The van der Waals surface area contributed by atoms with Crippen LogP contribution in [0.5, 0.6) is 0 Å². The number of carboxylic acid groups (broad SMARTS) is 1. The van der Waals surface area contributed by atoms with Gasteiger partial charge in [-0.25, -0.2) is 9.78 Å². The molecule has 1 aromatic heterocycles. The van der Waals surface area contributed by atoms with Crippen molar-refractivity contribution in [1.82, 2.24) is 20.6 Å². The molecule has 1 atom stereocenters. The molecule has 0 unspecified atom stereocenters. The lowest BCUT2D eigenvalue weighted by atomic mass is 10.1. The van der Waals surface area contributed by atoms with Gasteiger partial charge in [0.1, 0.15) is 11.9 Å². The normalized spacial score (nSPS) is 11.3. The zero-order valence-corrected chi connectivity index (χ0v) is 23.3. The summed E-state index contributed by atoms with van der Waals surface area (Å²) in [5.41, 5.74) is 2.40. The summed E-state index contributed by atoms with van der Waals surface area (Å²) in [5.74, 6) is -0.0686. The van der Waals surface area contributed by atoms with Crippen molar-refractivity contribution in [3.8, 4) is 12.3 Å². The standard InChI is InChI=1S/C32H29N5O6/c1-3-17-37(19-21-9-14-26-25(18-21)31(41)34-20(2)33-26)24-12-10-23(11-13-24)29(39)35-27(32(42)43)15-16-28(38)36-30(40)22-7-5-4-6-8-22/h1,4-14,18,27H,15-17,19H2,2H3,(H,35,39)(H,42,43)(H,33,34,41)(H,36,38,40)/t27-/m0/s1. The van der Waals surface area contributed by atoms with E-state index in [0.29, 0.717) is 34.5 Å². The van der Waals surface area contributed by atoms with E-state index in [2.05, 4.69) is 26.5 Å². The molecule has 218 valence electrons. The third kappa shape index (κ3) is 7.92. The maximum atomic E-state index is 12.8. The summed E-state index contributed by atoms with van der Waals surface area (Å²) < 4.78 is 0. The van der Waals surface area contributed by atoms with Gasteiger partial charge in [0, 0.05) is 29.8 Å². The predicted molar refractivity (Wildman–Crippen MR) is 160 cm³/mol. The first-order valence-electron chi connectivity index (χ1n) is 13.4. The maximum absolute atomic E-state index is 12.8. The van der Waals surface area contributed by atoms with E-state index < -0.39 is 29.7 Å². The Kier molecular flexibility index (Phi) is 9.65. The maximum Gasteiger partial charge on any atom is 0.326 e. The van der Waals surface area contributed by atoms with E-state index in [-0.39, 0.29) is 30.5 Å². The quantitative estimate of drug-likeness (QED) is 0.197. The molecule has 43 heavy (non-hydrogen) atoms. The van der Waals surface area contributed by atoms with Crippen molar-refractivity contribution in [2.24, 2.45) is 0 Å². The number of imide groups is 1. The third-order valence-corrected chi connectivity index (χ3v) is 6.59. The summed E-state index contributed by atoms with van der Waals surface area (Å²) in [6, 6.07) is 18.6. The number of hydrogen-bond donors (Lipinski definition) is 4. The van der Waals surface area contributed by atoms with Gasteiger partial charge >= 0.3 is 5.97 Å². The van der Waals surface area contributed by atoms with Gasteiger partial charge in [-0.05, 0) is 67.4 Å². The number of terminal acetylenes is 1. The molecule has 0 bridgehead atoms. The number of anilines is 1. The number of fused-ring (bicyclic) bond motifs is 1. The van der Waals surface area contributed by atoms with E-state index in [1.807, 2.05) is 11.0 Å². The number of aryl methyl sites for hydroxylation is 1. The average molecular weight is 580 g/mol. The number of carbonyl (C=O) groups is 4. The molecule has 11 nitrogen and oxygen atoms in total. The van der Waals surface area contributed by atoms with Crippen LogP contribution in [0.1, 0.15) is 44.9 Å². The Morgan fingerprint density at radius 3 is 2.37 bits per heavy atom. The van der Waals surface area contributed by atoms with Crippen molar-refractivity contribution in [2.75, 3.05) is 11.4 Å². The van der Waals surface area contributed by atoms with Crippen LogP contribution in [0.25, 0.3) is 10.9 Å². The Labute approximate surface area is 247 Å². The van der Waals surface area contributed by atoms with Gasteiger partial charge in [-0.15, -0.1) is 6.42 Å². The van der Waals surface area contributed by atoms with Gasteiger partial charge in [0.2, 0.25) is 5.91 Å². The van der Waals surface area contributed by atoms with E-state index in [4.69, 9.17) is 6.42 Å². The number of rotatable bonds is 11. The number of nitrogens with one attached hydrogen (secondary N) is 3. The monoisotopic (exact) mass is 579 g/mol. The fraction of sp³-hybridized carbons (Fsp3) is 0.188. The molecule has 4 N–H and O–H groups in total. The Bertz CT molecular complexity index is 1760. The van der Waals surface area contributed by atoms with E-state index in [9.17, 15) is 29.1 Å². The number of carbonyl (C=O) groups excluding carboxylic acids is 3. The van der Waals surface area contributed by atoms with Crippen LogP contribution in [-0.4, -0.2) is 51.4 Å². The SMILES string of the molecule is C#CCN(Cc1ccc2nc(C)[nH]c(=O)c2c1)c1ccc(C(=O)N[C@@H](CCC(=O)NC(=O)c2ccccc2)C(=O)O)cc1. The Morgan fingerprint density at radius 1 is 1.00 bits per heavy atom. The molecule has 0 saturated carbocycles. The average Bonchev–Trinajstić information content (AvgIpc) is 2.99. The number of aromatic nitrogens is 2. The van der Waals surface area contributed by atoms with Gasteiger partial charge in [-0.1, -0.05) is 30.2 Å². The van der Waals surface area contributed by atoms with Crippen LogP contribution in [0.2, 0.25) is 0 Å². The Balaban J connectivity index is 1.38. The van der Waals surface area contributed by atoms with Gasteiger partial charge < -0.3 is 20.3 Å². The lowest BCUT2D eigenvalue weighted by Gasteiger charge is -2.23. The number of hydrogen-bond acceptors (Lipinski definition) is 7. The zero-order chi connectivity index (χ0) is 30.9. The van der Waals surface area contributed by atoms with Gasteiger partial charge in [-0.3, -0.25) is 24.5 Å². The van der Waals surface area contributed by atoms with Crippen LogP contribution >= 0.6 is 0 Å². The van der Waals surface area contributed by atoms with Crippen LogP contribution in [0, 0.1) is 19.3 Å². The van der Waals surface area contributed by atoms with Crippen LogP contribution in [0.4, 0.5) is 5.69 Å². The van der Waals surface area contributed by atoms with E-state index in [1.165, 1.54) is 12.1 Å². The predicted octanol–water partition coefficient (Wildman–Crippen LogP) is 2.79. The smallest absolute Gasteiger partial charge is 0.326 e. The van der Waals surface area contributed by atoms with Crippen molar-refractivity contribution in [1.29, 1.82) is 0 Å². The van der Waals surface area contributed by atoms with E-state index >= 15 is 0 Å². The van der Waals surface area contributed by atoms with E-state index in [0.717, 1.165) is 5.56 Å². The zero-order valence-electron chi connectivity index (χ0n) is 23.3. The second-order valence-electron chi connectivity index (χ2n) is 9.76. The summed E-state index contributed by atoms with van der Waals surface area (Å²) >= 11 is 0. The van der Waals surface area contributed by atoms with Gasteiger partial charge in [0.05, 0.1) is 17.4 Å². The highest BCUT2D eigenvalue weighted by atomic mass is 16.4. The van der Waals surface area contributed by atoms with Crippen LogP contribution < -0.4 is 21.1 Å². The number of benzene rings is 3. The molecule has 11 heteroatoms. The topological polar surface area (TPSA) is 162 Å². The van der Waals surface area contributed by atoms with Crippen molar-refractivity contribution < 1.29 is 24.3 Å². The molecule has 0 aliphatic carbocycles. The van der Waals surface area contributed by atoms with E-state index in [1.54, 1.807) is 61.5 Å². The fourth-order valence-electron chi connectivity index (χ4n) is 4.42. The van der Waals surface area contributed by atoms with Crippen molar-refractivity contribution in [3.63, 3.8) is 0 Å². The third-order valence-electron chi connectivity index (χ3n) is 6.59. The number of nitrogens with zero attached hydrogens (tertiary/aromatic N) is 2. The van der Waals surface area contributed by atoms with Gasteiger partial charge in [0.25, 0.3) is 17.4 Å². The highest BCUT2D eigenvalue weighted by Gasteiger charge is 2.23. The molecular weight excluding hydrogens is 550 g/mol. The van der Waals surface area contributed by atoms with Crippen LogP contribution in [0.15, 0.2) is 77.6 Å². The molecule has 0 aliphatic rings. The highest BCUT2D eigenvalue weighted by molar-refractivity contribution is 6.04. The minimum atomic E-state index is -1.35. The molecule has 3 aromatic carbocycles. The van der Waals surface area contributed by atoms with Crippen molar-refractivity contribution >= 4 is 40.3 Å². The fourth-order valence-corrected chi connectivity index (χ4v) is 4.42. The van der Waals surface area contributed by atoms with Gasteiger partial charge in [0.15, 0.2) is 0 Å². The molecule has 0 spiro atoms. The van der Waals surface area contributed by atoms with Crippen LogP contribution in [0.3, 0.4) is 0 Å². The summed E-state index contributed by atoms with van der Waals surface area (Å²) in [6.07, 6.45) is 5.09. The minimum absolute atomic E-state index is 0.207. The summed E-state index contributed by atoms with van der Waals surface area (Å²) in [4.78, 5) is 70.2. The first kappa shape index (κ1) is 30.2. The first-order valence-corrected chi connectivity index (χ1v) is 13.4. The summed E-state index contributed by atoms with van der Waals surface area (Å²) in [6.45, 7) is 2.35. The van der Waals surface area contributed by atoms with Crippen molar-refractivity contribution in [2.45, 2.75) is 32.4 Å². The number of aromatic amines is 1. The first-order chi connectivity index (χ1) is 20.6. The number of carboxylic acids is 1. The second kappa shape index (κ2) is 13.7. The highest BCUT2D eigenvalue weighted by Crippen LogP contribution is 2.20. The number of H-pyrrole nitrogens is 1. The Morgan fingerprint density at radius 2 is 1.70 bits per heavy atom. The van der Waals surface area contributed by atoms with Crippen molar-refractivity contribution in [3.05, 3.63) is 106 Å². The lowest BCUT2D eigenvalue weighted by molar-refractivity contribution is -0.139. The molecular formula is C32H29N5O6. The molecule has 1 heterocycles. The molecule has 3 amide bonds. The summed E-state index contributed by atoms with van der Waals surface area (Å²) in [7, 11) is 0. The Hall–Kier alpha value is -5.76. The second-order valence-corrected chi connectivity index (χ2v) is 9.76. The molecule has 0 saturated heterocycles.